The van der Waals surface area contributed by atoms with Gasteiger partial charge in [-0.15, -0.1) is 0 Å². The van der Waals surface area contributed by atoms with E-state index in [9.17, 15) is 9.59 Å². The van der Waals surface area contributed by atoms with E-state index in [2.05, 4.69) is 15.9 Å². The maximum atomic E-state index is 12.6. The summed E-state index contributed by atoms with van der Waals surface area (Å²) in [6.07, 6.45) is 2.39. The number of benzene rings is 1. The zero-order valence-electron chi connectivity index (χ0n) is 11.9. The standard InChI is InChI=1S/C16H18BrNO3/c1-10-11(3-2-4-13(10)17)14(19)18-7-5-16(6-8-18)9-12(16)15(20)21/h2-4,12H,5-9H2,1H3,(H,20,21). The molecule has 5 heteroatoms. The van der Waals surface area contributed by atoms with E-state index in [1.807, 2.05) is 30.0 Å². The third kappa shape index (κ3) is 2.48. The van der Waals surface area contributed by atoms with Crippen molar-refractivity contribution in [2.75, 3.05) is 13.1 Å². The number of rotatable bonds is 2. The number of carbonyl (C=O) groups is 2. The van der Waals surface area contributed by atoms with Gasteiger partial charge in [-0.2, -0.15) is 0 Å². The summed E-state index contributed by atoms with van der Waals surface area (Å²) in [5.41, 5.74) is 1.65. The van der Waals surface area contributed by atoms with Crippen molar-refractivity contribution in [3.63, 3.8) is 0 Å². The Balaban J connectivity index is 1.69. The molecule has 1 aliphatic carbocycles. The second-order valence-corrected chi connectivity index (χ2v) is 7.02. The summed E-state index contributed by atoms with van der Waals surface area (Å²) in [5, 5.41) is 9.10. The van der Waals surface area contributed by atoms with Crippen molar-refractivity contribution >= 4 is 27.8 Å². The summed E-state index contributed by atoms with van der Waals surface area (Å²) >= 11 is 3.45. The molecule has 2 fully saturated rings. The van der Waals surface area contributed by atoms with Crippen LogP contribution in [0, 0.1) is 18.3 Å². The van der Waals surface area contributed by atoms with Crippen LogP contribution in [0.15, 0.2) is 22.7 Å². The number of carboxylic acids is 1. The van der Waals surface area contributed by atoms with Crippen molar-refractivity contribution in [1.82, 2.24) is 4.90 Å². The number of piperidine rings is 1. The molecule has 0 radical (unpaired) electrons. The van der Waals surface area contributed by atoms with Crippen molar-refractivity contribution in [3.8, 4) is 0 Å². The fraction of sp³-hybridized carbons (Fsp3) is 0.500. The highest BCUT2D eigenvalue weighted by Gasteiger charge is 2.59. The van der Waals surface area contributed by atoms with Gasteiger partial charge in [0.2, 0.25) is 0 Å². The second-order valence-electron chi connectivity index (χ2n) is 6.16. The van der Waals surface area contributed by atoms with Crippen molar-refractivity contribution < 1.29 is 14.7 Å². The Bertz CT molecular complexity index is 606. The minimum atomic E-state index is -0.683. The van der Waals surface area contributed by atoms with Crippen LogP contribution in [0.5, 0.6) is 0 Å². The van der Waals surface area contributed by atoms with Crippen LogP contribution in [-0.4, -0.2) is 35.0 Å². The molecule has 1 heterocycles. The summed E-state index contributed by atoms with van der Waals surface area (Å²) < 4.78 is 0.940. The van der Waals surface area contributed by atoms with Crippen molar-refractivity contribution in [2.45, 2.75) is 26.2 Å². The topological polar surface area (TPSA) is 57.6 Å². The zero-order chi connectivity index (χ0) is 15.2. The maximum Gasteiger partial charge on any atom is 0.307 e. The quantitative estimate of drug-likeness (QED) is 0.890. The van der Waals surface area contributed by atoms with Gasteiger partial charge in [-0.25, -0.2) is 0 Å². The molecular formula is C16H18BrNO3. The van der Waals surface area contributed by atoms with Gasteiger partial charge in [0.15, 0.2) is 0 Å². The first-order valence-electron chi connectivity index (χ1n) is 7.22. The lowest BCUT2D eigenvalue weighted by Gasteiger charge is -2.33. The van der Waals surface area contributed by atoms with Crippen LogP contribution in [-0.2, 0) is 4.79 Å². The van der Waals surface area contributed by atoms with Gasteiger partial charge in [0.25, 0.3) is 5.91 Å². The normalized spacial score (nSPS) is 23.1. The number of amides is 1. The molecular weight excluding hydrogens is 334 g/mol. The molecule has 1 spiro atoms. The van der Waals surface area contributed by atoms with Crippen LogP contribution in [0.3, 0.4) is 0 Å². The highest BCUT2D eigenvalue weighted by Crippen LogP contribution is 2.59. The Kier molecular flexibility index (Phi) is 3.56. The number of hydrogen-bond acceptors (Lipinski definition) is 2. The van der Waals surface area contributed by atoms with Gasteiger partial charge in [-0.05, 0) is 49.3 Å². The Morgan fingerprint density at radius 1 is 1.33 bits per heavy atom. The van der Waals surface area contributed by atoms with Crippen LogP contribution >= 0.6 is 15.9 Å². The average Bonchev–Trinajstić information content (AvgIpc) is 3.16. The first-order chi connectivity index (χ1) is 9.94. The van der Waals surface area contributed by atoms with Gasteiger partial charge in [0.1, 0.15) is 0 Å². The highest BCUT2D eigenvalue weighted by molar-refractivity contribution is 9.10. The van der Waals surface area contributed by atoms with Gasteiger partial charge in [0, 0.05) is 23.1 Å². The van der Waals surface area contributed by atoms with Crippen LogP contribution in [0.2, 0.25) is 0 Å². The Morgan fingerprint density at radius 2 is 2.00 bits per heavy atom. The van der Waals surface area contributed by atoms with E-state index in [-0.39, 0.29) is 17.2 Å². The molecule has 4 nitrogen and oxygen atoms in total. The van der Waals surface area contributed by atoms with E-state index in [0.29, 0.717) is 13.1 Å². The molecule has 0 aromatic heterocycles. The van der Waals surface area contributed by atoms with Gasteiger partial charge in [-0.3, -0.25) is 9.59 Å². The molecule has 112 valence electrons. The molecule has 3 rings (SSSR count). The Labute approximate surface area is 132 Å². The molecule has 1 aliphatic heterocycles. The zero-order valence-corrected chi connectivity index (χ0v) is 13.5. The monoisotopic (exact) mass is 351 g/mol. The molecule has 1 aromatic carbocycles. The molecule has 1 saturated carbocycles. The summed E-state index contributed by atoms with van der Waals surface area (Å²) in [6.45, 7) is 3.26. The minimum absolute atomic E-state index is 0.0328. The van der Waals surface area contributed by atoms with Crippen molar-refractivity contribution in [2.24, 2.45) is 11.3 Å². The third-order valence-corrected chi connectivity index (χ3v) is 5.89. The first kappa shape index (κ1) is 14.6. The largest absolute Gasteiger partial charge is 0.481 e. The van der Waals surface area contributed by atoms with Crippen LogP contribution in [0.4, 0.5) is 0 Å². The van der Waals surface area contributed by atoms with Crippen molar-refractivity contribution in [3.05, 3.63) is 33.8 Å². The van der Waals surface area contributed by atoms with Crippen LogP contribution in [0.25, 0.3) is 0 Å². The number of carboxylic acid groups (broad SMARTS) is 1. The predicted octanol–water partition coefficient (Wildman–Crippen LogP) is 3.08. The fourth-order valence-corrected chi connectivity index (χ4v) is 3.78. The van der Waals surface area contributed by atoms with E-state index < -0.39 is 5.97 Å². The molecule has 1 atom stereocenters. The Hall–Kier alpha value is -1.36. The SMILES string of the molecule is Cc1c(Br)cccc1C(=O)N1CCC2(CC1)CC2C(=O)O. The summed E-state index contributed by atoms with van der Waals surface area (Å²) in [4.78, 5) is 25.5. The third-order valence-electron chi connectivity index (χ3n) is 5.03. The number of hydrogen-bond donors (Lipinski definition) is 1. The number of aliphatic carboxylic acids is 1. The summed E-state index contributed by atoms with van der Waals surface area (Å²) in [5.74, 6) is -0.823. The smallest absolute Gasteiger partial charge is 0.307 e. The molecule has 2 aliphatic rings. The van der Waals surface area contributed by atoms with E-state index in [1.165, 1.54) is 0 Å². The van der Waals surface area contributed by atoms with Crippen LogP contribution in [0.1, 0.15) is 35.2 Å². The molecule has 21 heavy (non-hydrogen) atoms. The number of carbonyl (C=O) groups excluding carboxylic acids is 1. The molecule has 1 unspecified atom stereocenters. The van der Waals surface area contributed by atoms with E-state index in [0.717, 1.165) is 34.9 Å². The molecule has 1 N–H and O–H groups in total. The molecule has 1 amide bonds. The molecule has 0 bridgehead atoms. The number of likely N-dealkylation sites (tertiary alicyclic amines) is 1. The number of halogens is 1. The lowest BCUT2D eigenvalue weighted by atomic mass is 9.90. The Morgan fingerprint density at radius 3 is 2.57 bits per heavy atom. The van der Waals surface area contributed by atoms with Gasteiger partial charge >= 0.3 is 5.97 Å². The van der Waals surface area contributed by atoms with E-state index in [4.69, 9.17) is 5.11 Å². The average molecular weight is 352 g/mol. The van der Waals surface area contributed by atoms with E-state index in [1.54, 1.807) is 0 Å². The van der Waals surface area contributed by atoms with Gasteiger partial charge in [0.05, 0.1) is 5.92 Å². The lowest BCUT2D eigenvalue weighted by molar-refractivity contribution is -0.139. The first-order valence-corrected chi connectivity index (χ1v) is 8.01. The van der Waals surface area contributed by atoms with Crippen LogP contribution < -0.4 is 0 Å². The van der Waals surface area contributed by atoms with Gasteiger partial charge in [-0.1, -0.05) is 22.0 Å². The molecule has 1 saturated heterocycles. The summed E-state index contributed by atoms with van der Waals surface area (Å²) in [7, 11) is 0. The van der Waals surface area contributed by atoms with Crippen molar-refractivity contribution in [1.29, 1.82) is 0 Å². The lowest BCUT2D eigenvalue weighted by Crippen LogP contribution is -2.40. The highest BCUT2D eigenvalue weighted by atomic mass is 79.9. The maximum absolute atomic E-state index is 12.6. The fourth-order valence-electron chi connectivity index (χ4n) is 3.41. The molecule has 1 aromatic rings. The summed E-state index contributed by atoms with van der Waals surface area (Å²) in [6, 6.07) is 5.65. The predicted molar refractivity (Wildman–Crippen MR) is 82.2 cm³/mol. The number of nitrogens with zero attached hydrogens (tertiary/aromatic N) is 1. The second kappa shape index (κ2) is 5.13. The van der Waals surface area contributed by atoms with Gasteiger partial charge < -0.3 is 10.0 Å². The minimum Gasteiger partial charge on any atom is -0.481 e. The van der Waals surface area contributed by atoms with E-state index >= 15 is 0 Å².